The molecule has 2 saturated heterocycles. The van der Waals surface area contributed by atoms with Gasteiger partial charge in [-0.25, -0.2) is 0 Å². The summed E-state index contributed by atoms with van der Waals surface area (Å²) in [5.74, 6) is 0. The number of hydrogen-bond acceptors (Lipinski definition) is 11. The SMILES string of the molecule is OCC1O[C@H](O)C(O)[C@@H](O)[C@@H]1O[C@@H]1OC(CO)[C@H](O)[C@H](O)C1O. The lowest BCUT2D eigenvalue weighted by atomic mass is 9.97. The van der Waals surface area contributed by atoms with E-state index in [4.69, 9.17) is 19.3 Å². The Morgan fingerprint density at radius 3 is 1.83 bits per heavy atom. The maximum Gasteiger partial charge on any atom is 0.187 e. The molecule has 0 spiro atoms. The van der Waals surface area contributed by atoms with Crippen molar-refractivity contribution in [2.45, 2.75) is 61.4 Å². The van der Waals surface area contributed by atoms with E-state index in [0.717, 1.165) is 0 Å². The number of rotatable bonds is 4. The topological polar surface area (TPSA) is 190 Å². The molecule has 0 aromatic heterocycles. The molecule has 4 unspecified atom stereocenters. The van der Waals surface area contributed by atoms with Gasteiger partial charge in [0, 0.05) is 0 Å². The Kier molecular flexibility index (Phi) is 6.27. The van der Waals surface area contributed by atoms with E-state index >= 15 is 0 Å². The summed E-state index contributed by atoms with van der Waals surface area (Å²) in [6.07, 6.45) is -15.6. The van der Waals surface area contributed by atoms with Gasteiger partial charge < -0.3 is 55.1 Å². The second-order valence-electron chi connectivity index (χ2n) is 5.53. The summed E-state index contributed by atoms with van der Waals surface area (Å²) < 4.78 is 15.3. The molecule has 0 radical (unpaired) electrons. The van der Waals surface area contributed by atoms with Crippen LogP contribution in [0, 0.1) is 0 Å². The Bertz CT molecular complexity index is 378. The van der Waals surface area contributed by atoms with E-state index in [-0.39, 0.29) is 0 Å². The van der Waals surface area contributed by atoms with Crippen molar-refractivity contribution in [2.24, 2.45) is 0 Å². The van der Waals surface area contributed by atoms with Crippen LogP contribution < -0.4 is 0 Å². The van der Waals surface area contributed by atoms with Crippen molar-refractivity contribution in [2.75, 3.05) is 13.2 Å². The van der Waals surface area contributed by atoms with Crippen LogP contribution in [0.1, 0.15) is 0 Å². The zero-order chi connectivity index (χ0) is 17.3. The van der Waals surface area contributed by atoms with E-state index in [0.29, 0.717) is 0 Å². The molecule has 11 nitrogen and oxygen atoms in total. The fourth-order valence-corrected chi connectivity index (χ4v) is 2.57. The van der Waals surface area contributed by atoms with Crippen LogP contribution in [0.5, 0.6) is 0 Å². The molecule has 0 aliphatic carbocycles. The standard InChI is InChI=1S/C12H22O11/c13-1-3-5(15)6(16)9(19)12(22-3)23-10-4(2-14)21-11(20)8(18)7(10)17/h3-20H,1-2H2/t3?,4?,5-,6-,7+,8?,9?,10+,11-,12-/m0/s1. The molecule has 8 N–H and O–H groups in total. The van der Waals surface area contributed by atoms with Gasteiger partial charge in [-0.15, -0.1) is 0 Å². The first kappa shape index (κ1) is 18.9. The number of aliphatic hydroxyl groups excluding tert-OH is 8. The molecule has 2 rings (SSSR count). The Hall–Kier alpha value is -0.440. The fraction of sp³-hybridized carbons (Fsp3) is 1.00. The van der Waals surface area contributed by atoms with Crippen LogP contribution in [0.4, 0.5) is 0 Å². The maximum absolute atomic E-state index is 9.94. The average molecular weight is 342 g/mol. The third-order valence-corrected chi connectivity index (χ3v) is 3.98. The van der Waals surface area contributed by atoms with Crippen molar-refractivity contribution in [3.8, 4) is 0 Å². The highest BCUT2D eigenvalue weighted by molar-refractivity contribution is 4.93. The highest BCUT2D eigenvalue weighted by atomic mass is 16.7. The van der Waals surface area contributed by atoms with Gasteiger partial charge in [0.25, 0.3) is 0 Å². The van der Waals surface area contributed by atoms with E-state index < -0.39 is 74.6 Å². The summed E-state index contributed by atoms with van der Waals surface area (Å²) in [5.41, 5.74) is 0. The first-order valence-electron chi connectivity index (χ1n) is 7.08. The summed E-state index contributed by atoms with van der Waals surface area (Å²) >= 11 is 0. The van der Waals surface area contributed by atoms with Crippen LogP contribution in [-0.4, -0.2) is 115 Å². The summed E-state index contributed by atoms with van der Waals surface area (Å²) in [6.45, 7) is -1.35. The molecule has 136 valence electrons. The van der Waals surface area contributed by atoms with E-state index in [2.05, 4.69) is 0 Å². The summed E-state index contributed by atoms with van der Waals surface area (Å²) in [6, 6.07) is 0. The minimum atomic E-state index is -1.74. The normalized spacial score (nSPS) is 51.7. The molecule has 11 heteroatoms. The van der Waals surface area contributed by atoms with Crippen molar-refractivity contribution >= 4 is 0 Å². The number of hydrogen-bond donors (Lipinski definition) is 8. The second kappa shape index (κ2) is 7.63. The van der Waals surface area contributed by atoms with Gasteiger partial charge in [0.05, 0.1) is 13.2 Å². The summed E-state index contributed by atoms with van der Waals surface area (Å²) in [4.78, 5) is 0. The molecule has 23 heavy (non-hydrogen) atoms. The smallest absolute Gasteiger partial charge is 0.187 e. The summed E-state index contributed by atoms with van der Waals surface area (Å²) in [7, 11) is 0. The second-order valence-corrected chi connectivity index (χ2v) is 5.53. The molecule has 2 heterocycles. The average Bonchev–Trinajstić information content (AvgIpc) is 2.55. The molecule has 0 saturated carbocycles. The minimum Gasteiger partial charge on any atom is -0.394 e. The monoisotopic (exact) mass is 342 g/mol. The highest BCUT2D eigenvalue weighted by Gasteiger charge is 2.50. The van der Waals surface area contributed by atoms with Crippen molar-refractivity contribution < 1.29 is 55.1 Å². The Morgan fingerprint density at radius 1 is 0.652 bits per heavy atom. The predicted octanol–water partition coefficient (Wildman–Crippen LogP) is -5.40. The number of aliphatic hydroxyl groups is 8. The third-order valence-electron chi connectivity index (χ3n) is 3.98. The fourth-order valence-electron chi connectivity index (χ4n) is 2.57. The van der Waals surface area contributed by atoms with Crippen LogP contribution in [0.25, 0.3) is 0 Å². The van der Waals surface area contributed by atoms with Gasteiger partial charge in [-0.3, -0.25) is 0 Å². The van der Waals surface area contributed by atoms with Gasteiger partial charge in [0.15, 0.2) is 12.6 Å². The molecule has 2 aliphatic heterocycles. The highest BCUT2D eigenvalue weighted by Crippen LogP contribution is 2.28. The van der Waals surface area contributed by atoms with Crippen LogP contribution in [0.15, 0.2) is 0 Å². The first-order valence-corrected chi connectivity index (χ1v) is 7.08. The zero-order valence-corrected chi connectivity index (χ0v) is 12.0. The molecule has 0 aromatic rings. The quantitative estimate of drug-likeness (QED) is 0.243. The van der Waals surface area contributed by atoms with Crippen molar-refractivity contribution in [1.82, 2.24) is 0 Å². The largest absolute Gasteiger partial charge is 0.394 e. The van der Waals surface area contributed by atoms with Crippen molar-refractivity contribution in [3.63, 3.8) is 0 Å². The molecule has 0 bridgehead atoms. The minimum absolute atomic E-state index is 0.667. The van der Waals surface area contributed by atoms with E-state index in [1.54, 1.807) is 0 Å². The van der Waals surface area contributed by atoms with E-state index in [9.17, 15) is 35.7 Å². The lowest BCUT2D eigenvalue weighted by molar-refractivity contribution is -0.355. The van der Waals surface area contributed by atoms with Crippen LogP contribution in [0.2, 0.25) is 0 Å². The van der Waals surface area contributed by atoms with E-state index in [1.165, 1.54) is 0 Å². The summed E-state index contributed by atoms with van der Waals surface area (Å²) in [5, 5.41) is 76.5. The van der Waals surface area contributed by atoms with Crippen LogP contribution in [-0.2, 0) is 14.2 Å². The lowest BCUT2D eigenvalue weighted by Gasteiger charge is -2.45. The van der Waals surface area contributed by atoms with Crippen LogP contribution in [0.3, 0.4) is 0 Å². The maximum atomic E-state index is 9.94. The Balaban J connectivity index is 2.11. The Labute approximate surface area is 130 Å². The van der Waals surface area contributed by atoms with Crippen molar-refractivity contribution in [1.29, 1.82) is 0 Å². The van der Waals surface area contributed by atoms with Gasteiger partial charge in [-0.05, 0) is 0 Å². The van der Waals surface area contributed by atoms with Crippen molar-refractivity contribution in [3.05, 3.63) is 0 Å². The van der Waals surface area contributed by atoms with Gasteiger partial charge in [-0.2, -0.15) is 0 Å². The van der Waals surface area contributed by atoms with E-state index in [1.807, 2.05) is 0 Å². The van der Waals surface area contributed by atoms with Gasteiger partial charge in [0.2, 0.25) is 0 Å². The Morgan fingerprint density at radius 2 is 1.26 bits per heavy atom. The van der Waals surface area contributed by atoms with Gasteiger partial charge in [0.1, 0.15) is 48.8 Å². The zero-order valence-electron chi connectivity index (χ0n) is 12.0. The lowest BCUT2D eigenvalue weighted by Crippen LogP contribution is -2.64. The molecular weight excluding hydrogens is 320 g/mol. The third kappa shape index (κ3) is 3.65. The predicted molar refractivity (Wildman–Crippen MR) is 68.6 cm³/mol. The van der Waals surface area contributed by atoms with Crippen LogP contribution >= 0.6 is 0 Å². The number of ether oxygens (including phenoxy) is 3. The first-order chi connectivity index (χ1) is 10.8. The van der Waals surface area contributed by atoms with Gasteiger partial charge >= 0.3 is 0 Å². The molecule has 2 fully saturated rings. The van der Waals surface area contributed by atoms with Gasteiger partial charge in [-0.1, -0.05) is 0 Å². The molecule has 0 amide bonds. The molecule has 2 aliphatic rings. The molecule has 10 atom stereocenters. The molecular formula is C12H22O11. The molecule has 0 aromatic carbocycles.